The van der Waals surface area contributed by atoms with E-state index in [4.69, 9.17) is 0 Å². The largest absolute Gasteiger partial charge is 0.433 e. The fraction of sp³-hybridized carbons (Fsp3) is 0.571. The summed E-state index contributed by atoms with van der Waals surface area (Å²) in [6.45, 7) is 3.30. The maximum Gasteiger partial charge on any atom is 0.433 e. The Hall–Kier alpha value is -2.19. The second-order valence-electron chi connectivity index (χ2n) is 5.55. The maximum atomic E-state index is 12.6. The molecule has 3 heterocycles. The number of alkyl halides is 3. The van der Waals surface area contributed by atoms with Crippen molar-refractivity contribution in [3.8, 4) is 0 Å². The van der Waals surface area contributed by atoms with Crippen molar-refractivity contribution in [2.24, 2.45) is 5.92 Å². The first kappa shape index (κ1) is 15.7. The van der Waals surface area contributed by atoms with Gasteiger partial charge in [-0.05, 0) is 18.4 Å². The third-order valence-corrected chi connectivity index (χ3v) is 3.93. The smallest absolute Gasteiger partial charge is 0.354 e. The number of halogens is 3. The van der Waals surface area contributed by atoms with E-state index in [9.17, 15) is 13.2 Å². The first-order chi connectivity index (χ1) is 11.0. The van der Waals surface area contributed by atoms with E-state index in [0.29, 0.717) is 6.54 Å². The monoisotopic (exact) mass is 326 g/mol. The van der Waals surface area contributed by atoms with E-state index in [-0.39, 0.29) is 11.9 Å². The Bertz CT molecular complexity index is 668. The van der Waals surface area contributed by atoms with Crippen molar-refractivity contribution >= 4 is 5.95 Å². The molecule has 1 aliphatic rings. The fourth-order valence-corrected chi connectivity index (χ4v) is 2.72. The molecule has 23 heavy (non-hydrogen) atoms. The van der Waals surface area contributed by atoms with E-state index in [1.165, 1.54) is 0 Å². The quantitative estimate of drug-likeness (QED) is 0.934. The maximum absolute atomic E-state index is 12.6. The lowest BCUT2D eigenvalue weighted by atomic mass is 9.99. The van der Waals surface area contributed by atoms with Gasteiger partial charge in [-0.25, -0.2) is 9.97 Å². The molecule has 0 aliphatic carbocycles. The lowest BCUT2D eigenvalue weighted by molar-refractivity contribution is -0.141. The van der Waals surface area contributed by atoms with Crippen LogP contribution in [0.25, 0.3) is 0 Å². The van der Waals surface area contributed by atoms with Crippen LogP contribution in [0.2, 0.25) is 0 Å². The lowest BCUT2D eigenvalue weighted by Crippen LogP contribution is -2.27. The Morgan fingerprint density at radius 2 is 2.17 bits per heavy atom. The van der Waals surface area contributed by atoms with Crippen LogP contribution in [0.15, 0.2) is 12.3 Å². The molecular formula is C14H17F3N6. The fourth-order valence-electron chi connectivity index (χ4n) is 2.72. The molecule has 0 aromatic carbocycles. The number of nitrogens with zero attached hydrogens (tertiary/aromatic N) is 5. The first-order valence-electron chi connectivity index (χ1n) is 7.52. The molecule has 124 valence electrons. The predicted octanol–water partition coefficient (Wildman–Crippen LogP) is 2.32. The Morgan fingerprint density at radius 3 is 2.91 bits per heavy atom. The van der Waals surface area contributed by atoms with Crippen molar-refractivity contribution in [2.45, 2.75) is 38.9 Å². The molecule has 0 radical (unpaired) electrons. The number of rotatable bonds is 4. The van der Waals surface area contributed by atoms with Crippen LogP contribution in [-0.4, -0.2) is 31.3 Å². The Kier molecular flexibility index (Phi) is 4.18. The molecule has 0 spiro atoms. The highest BCUT2D eigenvalue weighted by molar-refractivity contribution is 5.26. The molecule has 0 fully saturated rings. The van der Waals surface area contributed by atoms with E-state index >= 15 is 0 Å². The summed E-state index contributed by atoms with van der Waals surface area (Å²) in [7, 11) is 0. The summed E-state index contributed by atoms with van der Waals surface area (Å²) in [6.07, 6.45) is -0.801. The molecule has 1 atom stereocenters. The predicted molar refractivity (Wildman–Crippen MR) is 76.7 cm³/mol. The van der Waals surface area contributed by atoms with E-state index in [1.807, 2.05) is 6.92 Å². The molecule has 0 amide bonds. The highest BCUT2D eigenvalue weighted by Gasteiger charge is 2.32. The van der Waals surface area contributed by atoms with Gasteiger partial charge >= 0.3 is 6.18 Å². The molecule has 0 saturated heterocycles. The van der Waals surface area contributed by atoms with Gasteiger partial charge in [-0.1, -0.05) is 6.92 Å². The number of nitrogens with one attached hydrogen (secondary N) is 1. The van der Waals surface area contributed by atoms with Gasteiger partial charge in [-0.3, -0.25) is 0 Å². The topological polar surface area (TPSA) is 68.5 Å². The average Bonchev–Trinajstić information content (AvgIpc) is 2.94. The summed E-state index contributed by atoms with van der Waals surface area (Å²) >= 11 is 0. The van der Waals surface area contributed by atoms with Gasteiger partial charge in [0.15, 0.2) is 0 Å². The molecule has 2 aromatic heterocycles. The van der Waals surface area contributed by atoms with Crippen LogP contribution in [0.4, 0.5) is 19.1 Å². The molecule has 1 aliphatic heterocycles. The minimum absolute atomic E-state index is 0.00472. The minimum Gasteiger partial charge on any atom is -0.354 e. The summed E-state index contributed by atoms with van der Waals surface area (Å²) in [6, 6.07) is 0.864. The highest BCUT2D eigenvalue weighted by atomic mass is 19.4. The number of anilines is 1. The third-order valence-electron chi connectivity index (χ3n) is 3.93. The Labute approximate surface area is 131 Å². The van der Waals surface area contributed by atoms with Crippen LogP contribution < -0.4 is 5.32 Å². The average molecular weight is 326 g/mol. The van der Waals surface area contributed by atoms with Crippen molar-refractivity contribution in [3.05, 3.63) is 29.6 Å². The Morgan fingerprint density at radius 1 is 1.35 bits per heavy atom. The number of aryl methyl sites for hydroxylation is 2. The molecule has 0 saturated carbocycles. The summed E-state index contributed by atoms with van der Waals surface area (Å²) in [5.41, 5.74) is -0.937. The standard InChI is InChI=1S/C14H17F3N6/c1-2-11-21-22-12-4-3-9(8-23(11)12)7-19-13-18-6-5-10(20-13)14(15,16)17/h5-6,9H,2-4,7-8H2,1H3,(H,18,19,20)/t9-/m1/s1. The van der Waals surface area contributed by atoms with Gasteiger partial charge in [0.05, 0.1) is 0 Å². The van der Waals surface area contributed by atoms with Crippen LogP contribution in [0, 0.1) is 5.92 Å². The van der Waals surface area contributed by atoms with Crippen LogP contribution in [0.5, 0.6) is 0 Å². The van der Waals surface area contributed by atoms with Gasteiger partial charge in [-0.15, -0.1) is 10.2 Å². The SMILES string of the molecule is CCc1nnc2n1C[C@@H](CNc1nccc(C(F)(F)F)n1)CC2. The molecular weight excluding hydrogens is 309 g/mol. The lowest BCUT2D eigenvalue weighted by Gasteiger charge is -2.24. The van der Waals surface area contributed by atoms with Crippen LogP contribution in [-0.2, 0) is 25.6 Å². The van der Waals surface area contributed by atoms with Crippen molar-refractivity contribution in [1.82, 2.24) is 24.7 Å². The van der Waals surface area contributed by atoms with Crippen molar-refractivity contribution < 1.29 is 13.2 Å². The molecule has 9 heteroatoms. The van der Waals surface area contributed by atoms with Gasteiger partial charge < -0.3 is 9.88 Å². The highest BCUT2D eigenvalue weighted by Crippen LogP contribution is 2.27. The third kappa shape index (κ3) is 3.43. The first-order valence-corrected chi connectivity index (χ1v) is 7.52. The van der Waals surface area contributed by atoms with E-state index in [2.05, 4.69) is 30.0 Å². The molecule has 0 unspecified atom stereocenters. The Balaban J connectivity index is 1.63. The zero-order valence-corrected chi connectivity index (χ0v) is 12.6. The summed E-state index contributed by atoms with van der Waals surface area (Å²) in [4.78, 5) is 7.37. The second kappa shape index (κ2) is 6.13. The van der Waals surface area contributed by atoms with Gasteiger partial charge in [0.2, 0.25) is 5.95 Å². The summed E-state index contributed by atoms with van der Waals surface area (Å²) in [5, 5.41) is 11.2. The minimum atomic E-state index is -4.46. The van der Waals surface area contributed by atoms with Crippen molar-refractivity contribution in [3.63, 3.8) is 0 Å². The number of fused-ring (bicyclic) bond motifs is 1. The molecule has 2 aromatic rings. The van der Waals surface area contributed by atoms with E-state index in [0.717, 1.165) is 49.7 Å². The normalized spacial score (nSPS) is 17.8. The molecule has 6 nitrogen and oxygen atoms in total. The van der Waals surface area contributed by atoms with Gasteiger partial charge in [0, 0.05) is 32.1 Å². The van der Waals surface area contributed by atoms with Crippen LogP contribution in [0.3, 0.4) is 0 Å². The van der Waals surface area contributed by atoms with E-state index in [1.54, 1.807) is 0 Å². The number of hydrogen-bond acceptors (Lipinski definition) is 5. The zero-order chi connectivity index (χ0) is 16.4. The van der Waals surface area contributed by atoms with Gasteiger partial charge in [-0.2, -0.15) is 13.2 Å². The molecule has 3 rings (SSSR count). The van der Waals surface area contributed by atoms with E-state index < -0.39 is 11.9 Å². The number of aromatic nitrogens is 5. The molecule has 0 bridgehead atoms. The van der Waals surface area contributed by atoms with Crippen molar-refractivity contribution in [2.75, 3.05) is 11.9 Å². The summed E-state index contributed by atoms with van der Waals surface area (Å²) in [5.74, 6) is 2.21. The van der Waals surface area contributed by atoms with Crippen LogP contribution in [0.1, 0.15) is 30.7 Å². The van der Waals surface area contributed by atoms with Gasteiger partial charge in [0.1, 0.15) is 17.3 Å². The van der Waals surface area contributed by atoms with Gasteiger partial charge in [0.25, 0.3) is 0 Å². The van der Waals surface area contributed by atoms with Crippen molar-refractivity contribution in [1.29, 1.82) is 0 Å². The number of hydrogen-bond donors (Lipinski definition) is 1. The van der Waals surface area contributed by atoms with Crippen LogP contribution >= 0.6 is 0 Å². The molecule has 1 N–H and O–H groups in total. The second-order valence-corrected chi connectivity index (χ2v) is 5.55. The zero-order valence-electron chi connectivity index (χ0n) is 12.6. The summed E-state index contributed by atoms with van der Waals surface area (Å²) < 4.78 is 40.0.